The van der Waals surface area contributed by atoms with E-state index in [9.17, 15) is 14.0 Å². The largest absolute Gasteiger partial charge is 0.487 e. The summed E-state index contributed by atoms with van der Waals surface area (Å²) in [5, 5.41) is 2.80. The van der Waals surface area contributed by atoms with Crippen LogP contribution in [0.4, 0.5) is 10.1 Å². The van der Waals surface area contributed by atoms with Crippen molar-refractivity contribution >= 4 is 40.7 Å². The number of carbonyl (C=O) groups excluding carboxylic acids is 2. The van der Waals surface area contributed by atoms with E-state index in [0.29, 0.717) is 0 Å². The van der Waals surface area contributed by atoms with E-state index in [4.69, 9.17) is 38.4 Å². The van der Waals surface area contributed by atoms with E-state index < -0.39 is 24.1 Å². The maximum atomic E-state index is 14.0. The van der Waals surface area contributed by atoms with Gasteiger partial charge in [0.05, 0.1) is 11.6 Å². The Balaban J connectivity index is 2.32. The van der Waals surface area contributed by atoms with E-state index in [1.54, 1.807) is 0 Å². The standard InChI is InChI=1S/C18H18Cl2FN3O4/c1-9(13(21)8-27-2)28-15-6-10(19)5-12(20)16(15)18(26)24-11-3-4-23-14(7-11)17(22)25/h3-7,9,13H,8H2,1-2H3,(H2,22,25)(H,23,24,26)/t9?,13-/m0/s1. The molecular weight excluding hydrogens is 412 g/mol. The number of aromatic nitrogens is 1. The Morgan fingerprint density at radius 1 is 1.32 bits per heavy atom. The number of primary amides is 1. The van der Waals surface area contributed by atoms with Crippen molar-refractivity contribution in [1.29, 1.82) is 0 Å². The Kier molecular flexibility index (Phi) is 7.56. The van der Waals surface area contributed by atoms with Crippen molar-refractivity contribution in [2.24, 2.45) is 5.73 Å². The van der Waals surface area contributed by atoms with Gasteiger partial charge >= 0.3 is 0 Å². The van der Waals surface area contributed by atoms with Crippen molar-refractivity contribution in [3.8, 4) is 5.75 Å². The Morgan fingerprint density at radius 3 is 2.68 bits per heavy atom. The number of hydrogen-bond acceptors (Lipinski definition) is 5. The molecule has 1 heterocycles. The SMILES string of the molecule is COC[C@H](F)C(C)Oc1cc(Cl)cc(Cl)c1C(=O)Nc1ccnc(C(N)=O)c1. The molecule has 150 valence electrons. The maximum Gasteiger partial charge on any atom is 0.267 e. The van der Waals surface area contributed by atoms with Crippen LogP contribution in [0.25, 0.3) is 0 Å². The van der Waals surface area contributed by atoms with E-state index >= 15 is 0 Å². The smallest absolute Gasteiger partial charge is 0.267 e. The minimum atomic E-state index is -1.43. The molecule has 3 N–H and O–H groups in total. The van der Waals surface area contributed by atoms with Crippen LogP contribution in [-0.4, -0.2) is 42.8 Å². The molecule has 1 unspecified atom stereocenters. The second-order valence-corrected chi connectivity index (χ2v) is 6.65. The van der Waals surface area contributed by atoms with Gasteiger partial charge in [-0.2, -0.15) is 0 Å². The molecule has 2 atom stereocenters. The lowest BCUT2D eigenvalue weighted by Gasteiger charge is -2.21. The van der Waals surface area contributed by atoms with Gasteiger partial charge in [0.2, 0.25) is 0 Å². The number of rotatable bonds is 8. The molecule has 28 heavy (non-hydrogen) atoms. The van der Waals surface area contributed by atoms with Crippen LogP contribution in [0.5, 0.6) is 5.75 Å². The highest BCUT2D eigenvalue weighted by Crippen LogP contribution is 2.33. The van der Waals surface area contributed by atoms with Crippen molar-refractivity contribution in [3.63, 3.8) is 0 Å². The molecule has 10 heteroatoms. The molecule has 0 saturated carbocycles. The minimum absolute atomic E-state index is 0.00503. The fraction of sp³-hybridized carbons (Fsp3) is 0.278. The number of carbonyl (C=O) groups is 2. The fourth-order valence-corrected chi connectivity index (χ4v) is 2.83. The summed E-state index contributed by atoms with van der Waals surface area (Å²) in [6, 6.07) is 5.50. The lowest BCUT2D eigenvalue weighted by atomic mass is 10.1. The van der Waals surface area contributed by atoms with Crippen molar-refractivity contribution in [2.45, 2.75) is 19.2 Å². The molecule has 2 amide bonds. The average molecular weight is 430 g/mol. The summed E-state index contributed by atoms with van der Waals surface area (Å²) in [7, 11) is 1.36. The summed E-state index contributed by atoms with van der Waals surface area (Å²) in [6.07, 6.45) is -1.04. The Morgan fingerprint density at radius 2 is 2.04 bits per heavy atom. The third-order valence-electron chi connectivity index (χ3n) is 3.66. The van der Waals surface area contributed by atoms with Gasteiger partial charge in [-0.3, -0.25) is 14.6 Å². The summed E-state index contributed by atoms with van der Waals surface area (Å²) < 4.78 is 24.4. The lowest BCUT2D eigenvalue weighted by molar-refractivity contribution is 0.0462. The van der Waals surface area contributed by atoms with Gasteiger partial charge in [-0.25, -0.2) is 4.39 Å². The van der Waals surface area contributed by atoms with Gasteiger partial charge in [0.1, 0.15) is 23.1 Å². The van der Waals surface area contributed by atoms with E-state index in [0.717, 1.165) is 0 Å². The van der Waals surface area contributed by atoms with E-state index in [1.807, 2.05) is 0 Å². The molecule has 1 aromatic heterocycles. The fourth-order valence-electron chi connectivity index (χ4n) is 2.27. The van der Waals surface area contributed by atoms with Gasteiger partial charge in [-0.1, -0.05) is 23.2 Å². The van der Waals surface area contributed by atoms with Crippen LogP contribution in [0.2, 0.25) is 10.0 Å². The van der Waals surface area contributed by atoms with Gasteiger partial charge in [-0.05, 0) is 31.2 Å². The molecule has 2 rings (SSSR count). The highest BCUT2D eigenvalue weighted by molar-refractivity contribution is 6.37. The van der Waals surface area contributed by atoms with Crippen LogP contribution >= 0.6 is 23.2 Å². The Labute approximate surface area is 170 Å². The van der Waals surface area contributed by atoms with Crippen LogP contribution in [-0.2, 0) is 4.74 Å². The molecule has 0 saturated heterocycles. The van der Waals surface area contributed by atoms with Crippen molar-refractivity contribution in [3.05, 3.63) is 51.8 Å². The van der Waals surface area contributed by atoms with E-state index in [1.165, 1.54) is 44.5 Å². The zero-order valence-corrected chi connectivity index (χ0v) is 16.6. The zero-order chi connectivity index (χ0) is 20.8. The number of alkyl halides is 1. The monoisotopic (exact) mass is 429 g/mol. The molecule has 7 nitrogen and oxygen atoms in total. The first kappa shape index (κ1) is 21.9. The van der Waals surface area contributed by atoms with Crippen LogP contribution < -0.4 is 15.8 Å². The van der Waals surface area contributed by atoms with E-state index in [2.05, 4.69) is 10.3 Å². The molecule has 0 fully saturated rings. The van der Waals surface area contributed by atoms with Crippen LogP contribution in [0.3, 0.4) is 0 Å². The molecule has 0 radical (unpaired) electrons. The summed E-state index contributed by atoms with van der Waals surface area (Å²) in [5.74, 6) is -1.39. The molecule has 0 spiro atoms. The van der Waals surface area contributed by atoms with Crippen LogP contribution in [0.15, 0.2) is 30.5 Å². The van der Waals surface area contributed by atoms with Gasteiger partial charge in [0.15, 0.2) is 6.17 Å². The number of ether oxygens (including phenoxy) is 2. The predicted molar refractivity (Wildman–Crippen MR) is 104 cm³/mol. The number of amides is 2. The molecule has 0 aliphatic rings. The summed E-state index contributed by atoms with van der Waals surface area (Å²) in [5.41, 5.74) is 5.38. The van der Waals surface area contributed by atoms with E-state index in [-0.39, 0.29) is 39.3 Å². The van der Waals surface area contributed by atoms with Crippen LogP contribution in [0, 0.1) is 0 Å². The molecule has 0 bridgehead atoms. The van der Waals surface area contributed by atoms with Crippen molar-refractivity contribution in [2.75, 3.05) is 19.0 Å². The third-order valence-corrected chi connectivity index (χ3v) is 4.18. The first-order valence-corrected chi connectivity index (χ1v) is 8.84. The summed E-state index contributed by atoms with van der Waals surface area (Å²) in [4.78, 5) is 27.8. The molecule has 2 aromatic rings. The number of halogens is 3. The Bertz CT molecular complexity index is 882. The molecular formula is C18H18Cl2FN3O4. The van der Waals surface area contributed by atoms with Gasteiger partial charge in [0.25, 0.3) is 11.8 Å². The van der Waals surface area contributed by atoms with Gasteiger partial charge in [-0.15, -0.1) is 0 Å². The van der Waals surface area contributed by atoms with Crippen LogP contribution in [0.1, 0.15) is 27.8 Å². The highest BCUT2D eigenvalue weighted by Gasteiger charge is 2.24. The average Bonchev–Trinajstić information content (AvgIpc) is 2.61. The summed E-state index contributed by atoms with van der Waals surface area (Å²) in [6.45, 7) is 1.31. The zero-order valence-electron chi connectivity index (χ0n) is 15.0. The molecule has 0 aliphatic carbocycles. The summed E-state index contributed by atoms with van der Waals surface area (Å²) >= 11 is 12.2. The highest BCUT2D eigenvalue weighted by atomic mass is 35.5. The predicted octanol–water partition coefficient (Wildman–Crippen LogP) is 3.49. The lowest BCUT2D eigenvalue weighted by Crippen LogP contribution is -2.29. The van der Waals surface area contributed by atoms with Gasteiger partial charge < -0.3 is 20.5 Å². The topological polar surface area (TPSA) is 104 Å². The molecule has 0 aliphatic heterocycles. The quantitative estimate of drug-likeness (QED) is 0.668. The minimum Gasteiger partial charge on any atom is -0.487 e. The maximum absolute atomic E-state index is 14.0. The number of pyridine rings is 1. The third kappa shape index (κ3) is 5.54. The van der Waals surface area contributed by atoms with Gasteiger partial charge in [0, 0.05) is 24.0 Å². The number of benzene rings is 1. The number of methoxy groups -OCH3 is 1. The van der Waals surface area contributed by atoms with Crippen molar-refractivity contribution < 1.29 is 23.5 Å². The number of hydrogen-bond donors (Lipinski definition) is 2. The molecule has 1 aromatic carbocycles. The number of anilines is 1. The second-order valence-electron chi connectivity index (χ2n) is 5.80. The number of nitrogens with zero attached hydrogens (tertiary/aromatic N) is 1. The normalized spacial score (nSPS) is 12.9. The first-order valence-electron chi connectivity index (χ1n) is 8.08. The number of nitrogens with one attached hydrogen (secondary N) is 1. The second kappa shape index (κ2) is 9.68. The first-order chi connectivity index (χ1) is 13.2. The van der Waals surface area contributed by atoms with Crippen molar-refractivity contribution in [1.82, 2.24) is 4.98 Å². The Hall–Kier alpha value is -2.42. The number of nitrogens with two attached hydrogens (primary N) is 1.